The van der Waals surface area contributed by atoms with Gasteiger partial charge in [0.05, 0.1) is 6.42 Å². The number of hydrogen-bond donors (Lipinski definition) is 1. The molecule has 0 atom stereocenters. The van der Waals surface area contributed by atoms with Crippen molar-refractivity contribution in [1.29, 1.82) is 0 Å². The van der Waals surface area contributed by atoms with E-state index in [1.807, 2.05) is 12.1 Å². The minimum Gasteiger partial charge on any atom is -0.382 e. The first-order valence-corrected chi connectivity index (χ1v) is 7.21. The van der Waals surface area contributed by atoms with Crippen LogP contribution in [0.1, 0.15) is 37.7 Å². The zero-order valence-electron chi connectivity index (χ0n) is 12.0. The Hall–Kier alpha value is -1.51. The lowest BCUT2D eigenvalue weighted by Crippen LogP contribution is -2.23. The number of nitrogens with zero attached hydrogens (tertiary/aromatic N) is 1. The molecule has 0 spiro atoms. The van der Waals surface area contributed by atoms with Gasteiger partial charge in [-0.05, 0) is 30.5 Å². The number of nitrogens with one attached hydrogen (secondary N) is 1. The first-order valence-electron chi connectivity index (χ1n) is 7.21. The molecule has 3 heteroatoms. The minimum absolute atomic E-state index is 0.146. The van der Waals surface area contributed by atoms with Crippen molar-refractivity contribution >= 4 is 11.6 Å². The fourth-order valence-electron chi connectivity index (χ4n) is 2.53. The van der Waals surface area contributed by atoms with Crippen molar-refractivity contribution in [3.05, 3.63) is 29.8 Å². The van der Waals surface area contributed by atoms with Gasteiger partial charge in [-0.1, -0.05) is 31.4 Å². The summed E-state index contributed by atoms with van der Waals surface area (Å²) in [7, 11) is 3.59. The van der Waals surface area contributed by atoms with E-state index in [4.69, 9.17) is 0 Å². The monoisotopic (exact) mass is 260 g/mol. The second-order valence-electron chi connectivity index (χ2n) is 5.64. The lowest BCUT2D eigenvalue weighted by Gasteiger charge is -2.24. The van der Waals surface area contributed by atoms with Crippen LogP contribution in [0, 0.1) is 0 Å². The fourth-order valence-corrected chi connectivity index (χ4v) is 2.53. The predicted octanol–water partition coefficient (Wildman–Crippen LogP) is 3.06. The van der Waals surface area contributed by atoms with Crippen molar-refractivity contribution in [2.45, 2.75) is 44.6 Å². The smallest absolute Gasteiger partial charge is 0.226 e. The van der Waals surface area contributed by atoms with Gasteiger partial charge in [-0.25, -0.2) is 0 Å². The van der Waals surface area contributed by atoms with Gasteiger partial charge in [-0.3, -0.25) is 4.79 Å². The Labute approximate surface area is 116 Å². The Kier molecular flexibility index (Phi) is 4.83. The molecular weight excluding hydrogens is 236 g/mol. The van der Waals surface area contributed by atoms with Crippen molar-refractivity contribution in [3.63, 3.8) is 0 Å². The molecule has 0 radical (unpaired) electrons. The predicted molar refractivity (Wildman–Crippen MR) is 79.3 cm³/mol. The van der Waals surface area contributed by atoms with Crippen molar-refractivity contribution in [2.75, 3.05) is 19.4 Å². The van der Waals surface area contributed by atoms with E-state index < -0.39 is 0 Å². The first kappa shape index (κ1) is 13.9. The van der Waals surface area contributed by atoms with Crippen LogP contribution >= 0.6 is 0 Å². The number of hydrogen-bond acceptors (Lipinski definition) is 2. The van der Waals surface area contributed by atoms with E-state index in [2.05, 4.69) is 17.4 Å². The van der Waals surface area contributed by atoms with Crippen LogP contribution in [0.25, 0.3) is 0 Å². The van der Waals surface area contributed by atoms with Gasteiger partial charge < -0.3 is 10.2 Å². The summed E-state index contributed by atoms with van der Waals surface area (Å²) >= 11 is 0. The highest BCUT2D eigenvalue weighted by Gasteiger charge is 2.12. The Bertz CT molecular complexity index is 405. The standard InChI is InChI=1S/C16H24N2O/c1-18(2)16(19)12-13-8-10-15(11-9-13)17-14-6-4-3-5-7-14/h8-11,14,17H,3-7,12H2,1-2H3. The summed E-state index contributed by atoms with van der Waals surface area (Å²) in [6.07, 6.45) is 7.10. The third kappa shape index (κ3) is 4.27. The number of likely N-dealkylation sites (N-methyl/N-ethyl adjacent to an activating group) is 1. The van der Waals surface area contributed by atoms with Crippen LogP contribution in [0.2, 0.25) is 0 Å². The highest BCUT2D eigenvalue weighted by atomic mass is 16.2. The van der Waals surface area contributed by atoms with Crippen LogP contribution in [0.5, 0.6) is 0 Å². The van der Waals surface area contributed by atoms with E-state index >= 15 is 0 Å². The average Bonchev–Trinajstić information content (AvgIpc) is 2.42. The van der Waals surface area contributed by atoms with Crippen molar-refractivity contribution in [3.8, 4) is 0 Å². The molecule has 1 aliphatic rings. The molecule has 1 aromatic rings. The third-order valence-corrected chi connectivity index (χ3v) is 3.78. The molecule has 1 aliphatic carbocycles. The van der Waals surface area contributed by atoms with Gasteiger partial charge in [0.15, 0.2) is 0 Å². The number of carbonyl (C=O) groups excluding carboxylic acids is 1. The van der Waals surface area contributed by atoms with E-state index in [0.717, 1.165) is 5.56 Å². The van der Waals surface area contributed by atoms with Crippen LogP contribution in [0.4, 0.5) is 5.69 Å². The number of benzene rings is 1. The second-order valence-corrected chi connectivity index (χ2v) is 5.64. The molecule has 1 aromatic carbocycles. The maximum absolute atomic E-state index is 11.6. The summed E-state index contributed by atoms with van der Waals surface area (Å²) in [6.45, 7) is 0. The maximum Gasteiger partial charge on any atom is 0.226 e. The summed E-state index contributed by atoms with van der Waals surface area (Å²) in [4.78, 5) is 13.3. The molecule has 1 fully saturated rings. The van der Waals surface area contributed by atoms with Crippen molar-refractivity contribution in [1.82, 2.24) is 4.90 Å². The second kappa shape index (κ2) is 6.60. The van der Waals surface area contributed by atoms with E-state index in [1.54, 1.807) is 19.0 Å². The summed E-state index contributed by atoms with van der Waals surface area (Å²) < 4.78 is 0. The van der Waals surface area contributed by atoms with Gasteiger partial charge in [-0.2, -0.15) is 0 Å². The minimum atomic E-state index is 0.146. The molecule has 3 nitrogen and oxygen atoms in total. The quantitative estimate of drug-likeness (QED) is 0.902. The van der Waals surface area contributed by atoms with E-state index in [1.165, 1.54) is 37.8 Å². The highest BCUT2D eigenvalue weighted by Crippen LogP contribution is 2.21. The summed E-state index contributed by atoms with van der Waals surface area (Å²) in [6, 6.07) is 8.90. The lowest BCUT2D eigenvalue weighted by molar-refractivity contribution is -0.127. The zero-order chi connectivity index (χ0) is 13.7. The Morgan fingerprint density at radius 3 is 2.37 bits per heavy atom. The van der Waals surface area contributed by atoms with Crippen LogP contribution in [0.15, 0.2) is 24.3 Å². The summed E-state index contributed by atoms with van der Waals surface area (Å²) in [5.41, 5.74) is 2.25. The number of amides is 1. The number of anilines is 1. The van der Waals surface area contributed by atoms with Crippen LogP contribution in [-0.4, -0.2) is 30.9 Å². The first-order chi connectivity index (χ1) is 9.15. The zero-order valence-corrected chi connectivity index (χ0v) is 12.0. The van der Waals surface area contributed by atoms with E-state index in [9.17, 15) is 4.79 Å². The third-order valence-electron chi connectivity index (χ3n) is 3.78. The fraction of sp³-hybridized carbons (Fsp3) is 0.562. The SMILES string of the molecule is CN(C)C(=O)Cc1ccc(NC2CCCCC2)cc1. The maximum atomic E-state index is 11.6. The molecule has 1 N–H and O–H groups in total. The van der Waals surface area contributed by atoms with E-state index in [0.29, 0.717) is 12.5 Å². The molecule has 19 heavy (non-hydrogen) atoms. The van der Waals surface area contributed by atoms with Gasteiger partial charge in [0.2, 0.25) is 5.91 Å². The van der Waals surface area contributed by atoms with Crippen LogP contribution in [-0.2, 0) is 11.2 Å². The molecule has 0 aliphatic heterocycles. The molecule has 0 aromatic heterocycles. The molecule has 0 bridgehead atoms. The molecule has 104 valence electrons. The number of rotatable bonds is 4. The van der Waals surface area contributed by atoms with Crippen molar-refractivity contribution in [2.24, 2.45) is 0 Å². The lowest BCUT2D eigenvalue weighted by atomic mass is 9.95. The normalized spacial score (nSPS) is 16.1. The average molecular weight is 260 g/mol. The van der Waals surface area contributed by atoms with Gasteiger partial charge >= 0.3 is 0 Å². The summed E-state index contributed by atoms with van der Waals surface area (Å²) in [5, 5.41) is 3.59. The Balaban J connectivity index is 1.88. The molecule has 0 unspecified atom stereocenters. The highest BCUT2D eigenvalue weighted by molar-refractivity contribution is 5.78. The van der Waals surface area contributed by atoms with Crippen molar-refractivity contribution < 1.29 is 4.79 Å². The van der Waals surface area contributed by atoms with Gasteiger partial charge in [0.1, 0.15) is 0 Å². The molecule has 2 rings (SSSR count). The molecule has 0 heterocycles. The largest absolute Gasteiger partial charge is 0.382 e. The molecule has 0 saturated heterocycles. The van der Waals surface area contributed by atoms with E-state index in [-0.39, 0.29) is 5.91 Å². The topological polar surface area (TPSA) is 32.3 Å². The Morgan fingerprint density at radius 1 is 1.16 bits per heavy atom. The van der Waals surface area contributed by atoms with Gasteiger partial charge in [0, 0.05) is 25.8 Å². The van der Waals surface area contributed by atoms with Crippen LogP contribution in [0.3, 0.4) is 0 Å². The molecule has 1 saturated carbocycles. The molecule has 1 amide bonds. The molecular formula is C16H24N2O. The summed E-state index contributed by atoms with van der Waals surface area (Å²) in [5.74, 6) is 0.146. The van der Waals surface area contributed by atoms with Gasteiger partial charge in [0.25, 0.3) is 0 Å². The van der Waals surface area contributed by atoms with Crippen LogP contribution < -0.4 is 5.32 Å². The number of carbonyl (C=O) groups is 1. The van der Waals surface area contributed by atoms with Gasteiger partial charge in [-0.15, -0.1) is 0 Å². The Morgan fingerprint density at radius 2 is 1.79 bits per heavy atom.